The summed E-state index contributed by atoms with van der Waals surface area (Å²) in [5.41, 5.74) is -0.851. The Labute approximate surface area is 243 Å². The predicted octanol–water partition coefficient (Wildman–Crippen LogP) is 5.12. The molecule has 1 aliphatic rings. The normalized spacial score (nSPS) is 21.7. The highest BCUT2D eigenvalue weighted by atomic mass is 19.2. The summed E-state index contributed by atoms with van der Waals surface area (Å²) in [7, 11) is 0. The van der Waals surface area contributed by atoms with Crippen molar-refractivity contribution in [2.75, 3.05) is 13.1 Å². The number of aliphatic hydroxyl groups is 2. The molecule has 4 atom stereocenters. The summed E-state index contributed by atoms with van der Waals surface area (Å²) < 4.78 is 34.3. The Hall–Kier alpha value is -3.83. The highest BCUT2D eigenvalue weighted by Crippen LogP contribution is 2.53. The summed E-state index contributed by atoms with van der Waals surface area (Å²) >= 11 is 0. The zero-order valence-corrected chi connectivity index (χ0v) is 24.3. The van der Waals surface area contributed by atoms with Gasteiger partial charge < -0.3 is 30.1 Å². The largest absolute Gasteiger partial charge is 0.465 e. The number of amides is 2. The summed E-state index contributed by atoms with van der Waals surface area (Å²) in [5, 5.41) is 40.8. The van der Waals surface area contributed by atoms with Crippen LogP contribution in [0.3, 0.4) is 0 Å². The van der Waals surface area contributed by atoms with Gasteiger partial charge in [-0.15, -0.1) is 0 Å². The minimum absolute atomic E-state index is 0.0579. The van der Waals surface area contributed by atoms with Gasteiger partial charge in [-0.05, 0) is 48.4 Å². The van der Waals surface area contributed by atoms with Crippen molar-refractivity contribution in [1.82, 2.24) is 15.4 Å². The third-order valence-electron chi connectivity index (χ3n) is 7.95. The monoisotopic (exact) mass is 585 g/mol. The summed E-state index contributed by atoms with van der Waals surface area (Å²) in [5.74, 6) is -3.33. The van der Waals surface area contributed by atoms with Crippen LogP contribution in [0, 0.1) is 17.0 Å². The number of nitrogens with zero attached hydrogens (tertiary/aromatic N) is 2. The number of likely N-dealkylation sites (tertiary alicyclic amines) is 1. The average Bonchev–Trinajstić information content (AvgIpc) is 3.34. The molecule has 226 valence electrons. The zero-order valence-electron chi connectivity index (χ0n) is 24.3. The van der Waals surface area contributed by atoms with E-state index in [4.69, 9.17) is 4.52 Å². The molecule has 4 rings (SSSR count). The summed E-state index contributed by atoms with van der Waals surface area (Å²) in [4.78, 5) is 25.1. The van der Waals surface area contributed by atoms with Gasteiger partial charge in [0, 0.05) is 25.6 Å². The lowest BCUT2D eigenvalue weighted by Crippen LogP contribution is -2.61. The van der Waals surface area contributed by atoms with Crippen molar-refractivity contribution >= 4 is 12.0 Å². The van der Waals surface area contributed by atoms with Crippen LogP contribution in [0.1, 0.15) is 75.4 Å². The van der Waals surface area contributed by atoms with Crippen molar-refractivity contribution in [1.29, 1.82) is 0 Å². The maximum Gasteiger partial charge on any atom is 0.407 e. The van der Waals surface area contributed by atoms with Gasteiger partial charge in [0.2, 0.25) is 5.91 Å². The SMILES string of the molecule is CC(=O)NCCc1ccccc1-c1onc([C@H]2C(C(C)(C)C)N(C(=O)O)CC[C@]2(O)c2ccc(F)c(F)c2)c1C(C)O. The molecular formula is C31H37F2N3O6. The van der Waals surface area contributed by atoms with Crippen LogP contribution in [0.2, 0.25) is 0 Å². The number of nitrogens with one attached hydrogen (secondary N) is 1. The lowest BCUT2D eigenvalue weighted by atomic mass is 9.63. The Kier molecular flexibility index (Phi) is 8.75. The number of halogens is 2. The number of aliphatic hydroxyl groups excluding tert-OH is 1. The van der Waals surface area contributed by atoms with Crippen molar-refractivity contribution in [2.24, 2.45) is 5.41 Å². The van der Waals surface area contributed by atoms with E-state index in [-0.39, 0.29) is 41.5 Å². The zero-order chi connectivity index (χ0) is 31.0. The molecule has 1 aliphatic heterocycles. The van der Waals surface area contributed by atoms with Gasteiger partial charge in [-0.3, -0.25) is 4.79 Å². The van der Waals surface area contributed by atoms with Gasteiger partial charge in [0.25, 0.3) is 0 Å². The lowest BCUT2D eigenvalue weighted by Gasteiger charge is -2.53. The third kappa shape index (κ3) is 5.89. The first kappa shape index (κ1) is 31.1. The number of carbonyl (C=O) groups excluding carboxylic acids is 1. The second-order valence-electron chi connectivity index (χ2n) is 11.9. The van der Waals surface area contributed by atoms with Crippen LogP contribution in [0.4, 0.5) is 13.6 Å². The van der Waals surface area contributed by atoms with E-state index in [1.165, 1.54) is 24.8 Å². The van der Waals surface area contributed by atoms with E-state index in [1.54, 1.807) is 12.1 Å². The summed E-state index contributed by atoms with van der Waals surface area (Å²) in [6.45, 7) is 8.66. The number of rotatable bonds is 7. The number of hydrogen-bond donors (Lipinski definition) is 4. The molecule has 2 aromatic carbocycles. The van der Waals surface area contributed by atoms with Gasteiger partial charge in [0.05, 0.1) is 29.3 Å². The minimum atomic E-state index is -1.90. The van der Waals surface area contributed by atoms with Crippen LogP contribution in [-0.2, 0) is 16.8 Å². The lowest BCUT2D eigenvalue weighted by molar-refractivity contribution is -0.118. The molecule has 3 aromatic rings. The van der Waals surface area contributed by atoms with Gasteiger partial charge >= 0.3 is 6.09 Å². The van der Waals surface area contributed by atoms with Gasteiger partial charge in [-0.2, -0.15) is 0 Å². The fourth-order valence-corrected chi connectivity index (χ4v) is 6.14. The number of carbonyl (C=O) groups is 2. The minimum Gasteiger partial charge on any atom is -0.465 e. The molecule has 0 aliphatic carbocycles. The molecule has 1 saturated heterocycles. The standard InChI is InChI=1S/C31H37F2N3O6/c1-17(37)24-26(35-42-27(24)21-9-7-6-8-19(21)12-14-34-18(2)38)25-28(30(3,4)5)36(29(39)40)15-13-31(25,41)20-10-11-22(32)23(33)16-20/h6-11,16-17,25,28,37,41H,12-15H2,1-5H3,(H,34,38)(H,39,40)/t17?,25-,28?,31-/m0/s1. The first-order valence-corrected chi connectivity index (χ1v) is 13.8. The molecule has 11 heteroatoms. The van der Waals surface area contributed by atoms with E-state index in [9.17, 15) is 33.7 Å². The molecule has 4 N–H and O–H groups in total. The number of hydrogen-bond acceptors (Lipinski definition) is 6. The van der Waals surface area contributed by atoms with Crippen LogP contribution in [0.25, 0.3) is 11.3 Å². The maximum atomic E-state index is 14.5. The van der Waals surface area contributed by atoms with Gasteiger partial charge in [-0.25, -0.2) is 13.6 Å². The first-order chi connectivity index (χ1) is 19.7. The summed E-state index contributed by atoms with van der Waals surface area (Å²) in [6, 6.07) is 9.46. The van der Waals surface area contributed by atoms with Gasteiger partial charge in [-0.1, -0.05) is 56.3 Å². The van der Waals surface area contributed by atoms with E-state index in [1.807, 2.05) is 32.9 Å². The Balaban J connectivity index is 1.97. The molecule has 9 nitrogen and oxygen atoms in total. The summed E-state index contributed by atoms with van der Waals surface area (Å²) in [6.07, 6.45) is -2.07. The van der Waals surface area contributed by atoms with Crippen LogP contribution in [0.15, 0.2) is 47.0 Å². The quantitative estimate of drug-likeness (QED) is 0.302. The van der Waals surface area contributed by atoms with E-state index in [0.29, 0.717) is 18.5 Å². The third-order valence-corrected chi connectivity index (χ3v) is 7.95. The molecule has 2 amide bonds. The molecule has 0 bridgehead atoms. The molecule has 0 radical (unpaired) electrons. The van der Waals surface area contributed by atoms with Crippen molar-refractivity contribution in [3.05, 3.63) is 76.5 Å². The fourth-order valence-electron chi connectivity index (χ4n) is 6.14. The number of carboxylic acid groups (broad SMARTS) is 1. The molecule has 2 unspecified atom stereocenters. The Morgan fingerprint density at radius 1 is 1.19 bits per heavy atom. The molecule has 1 aromatic heterocycles. The van der Waals surface area contributed by atoms with Crippen molar-refractivity contribution in [2.45, 2.75) is 71.1 Å². The van der Waals surface area contributed by atoms with Gasteiger partial charge in [0.1, 0.15) is 5.60 Å². The predicted molar refractivity (Wildman–Crippen MR) is 151 cm³/mol. The highest BCUT2D eigenvalue weighted by Gasteiger charge is 2.56. The molecule has 1 fully saturated rings. The number of aromatic nitrogens is 1. The van der Waals surface area contributed by atoms with Crippen LogP contribution in [-0.4, -0.2) is 56.5 Å². The Morgan fingerprint density at radius 2 is 1.88 bits per heavy atom. The van der Waals surface area contributed by atoms with E-state index in [2.05, 4.69) is 10.5 Å². The van der Waals surface area contributed by atoms with E-state index < -0.39 is 46.8 Å². The van der Waals surface area contributed by atoms with Crippen LogP contribution >= 0.6 is 0 Å². The van der Waals surface area contributed by atoms with Crippen LogP contribution in [0.5, 0.6) is 0 Å². The highest BCUT2D eigenvalue weighted by molar-refractivity contribution is 5.73. The Morgan fingerprint density at radius 3 is 2.48 bits per heavy atom. The molecule has 42 heavy (non-hydrogen) atoms. The van der Waals surface area contributed by atoms with E-state index >= 15 is 0 Å². The fraction of sp³-hybridized carbons (Fsp3) is 0.452. The molecular weight excluding hydrogens is 548 g/mol. The Bertz CT molecular complexity index is 1470. The first-order valence-electron chi connectivity index (χ1n) is 13.8. The van der Waals surface area contributed by atoms with E-state index in [0.717, 1.165) is 17.7 Å². The van der Waals surface area contributed by atoms with Gasteiger partial charge in [0.15, 0.2) is 17.4 Å². The molecule has 0 saturated carbocycles. The number of benzene rings is 2. The second-order valence-corrected chi connectivity index (χ2v) is 11.9. The molecule has 0 spiro atoms. The van der Waals surface area contributed by atoms with Crippen molar-refractivity contribution in [3.63, 3.8) is 0 Å². The second kappa shape index (κ2) is 11.8. The average molecular weight is 586 g/mol. The van der Waals surface area contributed by atoms with Crippen molar-refractivity contribution < 1.29 is 38.2 Å². The number of piperidine rings is 1. The maximum absolute atomic E-state index is 14.5. The van der Waals surface area contributed by atoms with Crippen LogP contribution < -0.4 is 5.32 Å². The van der Waals surface area contributed by atoms with Crippen molar-refractivity contribution in [3.8, 4) is 11.3 Å². The molecule has 2 heterocycles. The smallest absolute Gasteiger partial charge is 0.407 e. The topological polar surface area (TPSA) is 136 Å².